The van der Waals surface area contributed by atoms with E-state index >= 15 is 4.39 Å². The smallest absolute Gasteiger partial charge is 0.376 e. The van der Waals surface area contributed by atoms with Gasteiger partial charge in [0.05, 0.1) is 29.8 Å². The second kappa shape index (κ2) is 10.9. The molecule has 3 heterocycles. The monoisotopic (exact) mass is 620 g/mol. The molecule has 1 amide bonds. The molecule has 6 rings (SSSR count). The van der Waals surface area contributed by atoms with Crippen LogP contribution in [0.4, 0.5) is 27.8 Å². The van der Waals surface area contributed by atoms with Crippen molar-refractivity contribution in [3.05, 3.63) is 64.6 Å². The highest BCUT2D eigenvalue weighted by Gasteiger charge is 2.41. The number of hydrogen-bond acceptors (Lipinski definition) is 6. The average Bonchev–Trinajstić information content (AvgIpc) is 3.77. The number of ether oxygens (including phenoxy) is 1. The van der Waals surface area contributed by atoms with Crippen LogP contribution in [0.2, 0.25) is 0 Å². The minimum absolute atomic E-state index is 0.0582. The molecule has 2 fully saturated rings. The van der Waals surface area contributed by atoms with Crippen molar-refractivity contribution < 1.29 is 31.5 Å². The zero-order valence-corrected chi connectivity index (χ0v) is 24.3. The SMILES string of the molecule is C=CC(=O)N1[C@H](C)CN(c2nc(=O)n3c4c(c(-c5ccc(F)cc5F)c(C(F)(F)F)cc24)SCC3COC2CC2)C[C@@H]1C. The van der Waals surface area contributed by atoms with Crippen molar-refractivity contribution in [1.29, 1.82) is 0 Å². The molecule has 2 aliphatic heterocycles. The van der Waals surface area contributed by atoms with Gasteiger partial charge >= 0.3 is 11.9 Å². The molecule has 1 unspecified atom stereocenters. The quantitative estimate of drug-likeness (QED) is 0.257. The topological polar surface area (TPSA) is 67.7 Å². The van der Waals surface area contributed by atoms with Crippen LogP contribution in [-0.4, -0.2) is 64.0 Å². The van der Waals surface area contributed by atoms with Gasteiger partial charge in [-0.25, -0.2) is 13.6 Å². The maximum absolute atomic E-state index is 15.1. The number of nitrogens with zero attached hydrogens (tertiary/aromatic N) is 4. The molecule has 0 N–H and O–H groups in total. The van der Waals surface area contributed by atoms with Crippen LogP contribution in [-0.2, 0) is 15.7 Å². The number of carbonyl (C=O) groups is 1. The van der Waals surface area contributed by atoms with Crippen LogP contribution in [0.1, 0.15) is 38.3 Å². The van der Waals surface area contributed by atoms with E-state index in [0.717, 1.165) is 42.8 Å². The number of anilines is 1. The van der Waals surface area contributed by atoms with Crippen molar-refractivity contribution in [2.24, 2.45) is 0 Å². The van der Waals surface area contributed by atoms with Gasteiger partial charge in [0, 0.05) is 58.4 Å². The predicted octanol–water partition coefficient (Wildman–Crippen LogP) is 5.80. The van der Waals surface area contributed by atoms with Crippen LogP contribution in [0, 0.1) is 11.6 Å². The number of rotatable bonds is 6. The molecule has 2 aromatic carbocycles. The standard InChI is InChI=1S/C30H29F5N4O3S/c1-4-24(40)38-15(2)11-37(12-16(38)3)28-21-10-22(30(33,34)35)25(20-8-5-17(31)9-23(20)32)27-26(21)39(29(41)36-28)18(14-43-27)13-42-19-6-7-19/h4-5,8-10,15-16,18-19H,1,6-7,11-14H2,2-3H3/t15-,16+,18?. The lowest BCUT2D eigenvalue weighted by Gasteiger charge is -2.45. The maximum Gasteiger partial charge on any atom is 0.417 e. The summed E-state index contributed by atoms with van der Waals surface area (Å²) in [6.45, 7) is 7.76. The van der Waals surface area contributed by atoms with E-state index in [1.807, 2.05) is 0 Å². The Bertz CT molecular complexity index is 1680. The Hall–Kier alpha value is -3.45. The molecule has 7 nitrogen and oxygen atoms in total. The highest BCUT2D eigenvalue weighted by molar-refractivity contribution is 7.99. The van der Waals surface area contributed by atoms with Crippen molar-refractivity contribution >= 4 is 34.4 Å². The van der Waals surface area contributed by atoms with Crippen LogP contribution < -0.4 is 10.6 Å². The fourth-order valence-corrected chi connectivity index (χ4v) is 7.47. The zero-order chi connectivity index (χ0) is 30.8. The van der Waals surface area contributed by atoms with Gasteiger partial charge in [-0.05, 0) is 51.0 Å². The van der Waals surface area contributed by atoms with E-state index in [0.29, 0.717) is 6.07 Å². The Kier molecular flexibility index (Phi) is 7.52. The first-order chi connectivity index (χ1) is 20.4. The Labute approximate surface area is 248 Å². The number of piperazine rings is 1. The molecule has 0 spiro atoms. The number of amides is 1. The second-order valence-electron chi connectivity index (χ2n) is 11.3. The molecule has 3 aliphatic rings. The van der Waals surface area contributed by atoms with E-state index < -0.39 is 46.2 Å². The minimum Gasteiger partial charge on any atom is -0.376 e. The second-order valence-corrected chi connectivity index (χ2v) is 12.3. The van der Waals surface area contributed by atoms with Gasteiger partial charge in [0.15, 0.2) is 0 Å². The summed E-state index contributed by atoms with van der Waals surface area (Å²) in [5, 5.41) is 0.0831. The summed E-state index contributed by atoms with van der Waals surface area (Å²) in [7, 11) is 0. The Balaban J connectivity index is 1.61. The predicted molar refractivity (Wildman–Crippen MR) is 153 cm³/mol. The van der Waals surface area contributed by atoms with Crippen LogP contribution in [0.5, 0.6) is 0 Å². The minimum atomic E-state index is -4.92. The molecular weight excluding hydrogens is 591 g/mol. The van der Waals surface area contributed by atoms with E-state index in [1.165, 1.54) is 10.6 Å². The van der Waals surface area contributed by atoms with E-state index in [-0.39, 0.29) is 71.2 Å². The molecule has 13 heteroatoms. The van der Waals surface area contributed by atoms with Crippen LogP contribution >= 0.6 is 11.8 Å². The van der Waals surface area contributed by atoms with Crippen molar-refractivity contribution in [3.63, 3.8) is 0 Å². The van der Waals surface area contributed by atoms with E-state index in [1.54, 1.807) is 23.6 Å². The summed E-state index contributed by atoms with van der Waals surface area (Å²) in [5.41, 5.74) is -2.44. The van der Waals surface area contributed by atoms with E-state index in [4.69, 9.17) is 4.74 Å². The summed E-state index contributed by atoms with van der Waals surface area (Å²) in [4.78, 5) is 34.0. The fourth-order valence-electron chi connectivity index (χ4n) is 6.16. The summed E-state index contributed by atoms with van der Waals surface area (Å²) in [6, 6.07) is 2.13. The molecule has 43 heavy (non-hydrogen) atoms. The summed E-state index contributed by atoms with van der Waals surface area (Å²) < 4.78 is 80.5. The van der Waals surface area contributed by atoms with Gasteiger partial charge < -0.3 is 14.5 Å². The first kappa shape index (κ1) is 29.6. The van der Waals surface area contributed by atoms with E-state index in [2.05, 4.69) is 11.6 Å². The van der Waals surface area contributed by atoms with Crippen molar-refractivity contribution in [2.75, 3.05) is 30.3 Å². The molecule has 1 saturated heterocycles. The Morgan fingerprint density at radius 3 is 2.47 bits per heavy atom. The van der Waals surface area contributed by atoms with Crippen LogP contribution in [0.15, 0.2) is 46.6 Å². The number of alkyl halides is 3. The summed E-state index contributed by atoms with van der Waals surface area (Å²) in [6.07, 6.45) is -1.82. The van der Waals surface area contributed by atoms with Gasteiger partial charge in [0.25, 0.3) is 0 Å². The number of thioether (sulfide) groups is 1. The molecule has 1 aliphatic carbocycles. The largest absolute Gasteiger partial charge is 0.417 e. The molecule has 3 atom stereocenters. The third-order valence-corrected chi connectivity index (χ3v) is 9.37. The number of carbonyl (C=O) groups excluding carboxylic acids is 1. The third kappa shape index (κ3) is 5.30. The lowest BCUT2D eigenvalue weighted by Crippen LogP contribution is -2.58. The third-order valence-electron chi connectivity index (χ3n) is 8.13. The average molecular weight is 621 g/mol. The number of benzene rings is 2. The number of aromatic nitrogens is 2. The van der Waals surface area contributed by atoms with Gasteiger partial charge in [-0.2, -0.15) is 18.2 Å². The maximum atomic E-state index is 15.1. The van der Waals surface area contributed by atoms with Crippen molar-refractivity contribution in [3.8, 4) is 11.1 Å². The molecule has 228 valence electrons. The van der Waals surface area contributed by atoms with Crippen molar-refractivity contribution in [2.45, 2.75) is 62.0 Å². The lowest BCUT2D eigenvalue weighted by molar-refractivity contribution is -0.137. The first-order valence-corrected chi connectivity index (χ1v) is 15.0. The highest BCUT2D eigenvalue weighted by atomic mass is 32.2. The van der Waals surface area contributed by atoms with Crippen molar-refractivity contribution in [1.82, 2.24) is 14.5 Å². The fraction of sp³-hybridized carbons (Fsp3) is 0.433. The lowest BCUT2D eigenvalue weighted by atomic mass is 9.95. The van der Waals surface area contributed by atoms with Gasteiger partial charge in [-0.3, -0.25) is 9.36 Å². The van der Waals surface area contributed by atoms with Gasteiger partial charge in [0.1, 0.15) is 17.5 Å². The molecule has 1 saturated carbocycles. The molecular formula is C30H29F5N4O3S. The van der Waals surface area contributed by atoms with Gasteiger partial charge in [-0.1, -0.05) is 6.58 Å². The Morgan fingerprint density at radius 1 is 1.16 bits per heavy atom. The van der Waals surface area contributed by atoms with Gasteiger partial charge in [-0.15, -0.1) is 11.8 Å². The molecule has 0 bridgehead atoms. The summed E-state index contributed by atoms with van der Waals surface area (Å²) >= 11 is 1.09. The molecule has 1 aromatic heterocycles. The normalized spacial score (nSPS) is 22.3. The molecule has 3 aromatic rings. The summed E-state index contributed by atoms with van der Waals surface area (Å²) in [5.74, 6) is -2.08. The number of halogens is 5. The highest BCUT2D eigenvalue weighted by Crippen LogP contribution is 2.50. The van der Waals surface area contributed by atoms with Crippen LogP contribution in [0.25, 0.3) is 22.0 Å². The van der Waals surface area contributed by atoms with Crippen LogP contribution in [0.3, 0.4) is 0 Å². The first-order valence-electron chi connectivity index (χ1n) is 14.0. The number of hydrogen-bond donors (Lipinski definition) is 0. The zero-order valence-electron chi connectivity index (χ0n) is 23.5. The van der Waals surface area contributed by atoms with Gasteiger partial charge in [0.2, 0.25) is 5.91 Å². The molecule has 0 radical (unpaired) electrons. The Morgan fingerprint density at radius 2 is 1.86 bits per heavy atom. The van der Waals surface area contributed by atoms with E-state index in [9.17, 15) is 27.2 Å².